The van der Waals surface area contributed by atoms with Gasteiger partial charge in [-0.15, -0.1) is 10.2 Å². The van der Waals surface area contributed by atoms with E-state index in [-0.39, 0.29) is 0 Å². The van der Waals surface area contributed by atoms with Gasteiger partial charge in [-0.3, -0.25) is 4.90 Å². The molecule has 1 atom stereocenters. The van der Waals surface area contributed by atoms with Gasteiger partial charge in [0.25, 0.3) is 0 Å². The highest BCUT2D eigenvalue weighted by atomic mass is 15.3. The summed E-state index contributed by atoms with van der Waals surface area (Å²) >= 11 is 0. The van der Waals surface area contributed by atoms with E-state index in [1.54, 1.807) is 0 Å². The van der Waals surface area contributed by atoms with Crippen LogP contribution in [0.4, 0.5) is 0 Å². The highest BCUT2D eigenvalue weighted by Gasteiger charge is 2.16. The quantitative estimate of drug-likeness (QED) is 0.788. The van der Waals surface area contributed by atoms with Crippen molar-refractivity contribution in [3.8, 4) is 0 Å². The first-order valence-corrected chi connectivity index (χ1v) is 6.08. The second-order valence-electron chi connectivity index (χ2n) is 4.70. The summed E-state index contributed by atoms with van der Waals surface area (Å²) in [6.07, 6.45) is 4.27. The molecule has 2 rings (SSSR count). The molecule has 0 spiro atoms. The van der Waals surface area contributed by atoms with Crippen molar-refractivity contribution in [1.29, 1.82) is 0 Å². The van der Waals surface area contributed by atoms with Crippen molar-refractivity contribution < 1.29 is 0 Å². The normalized spacial score (nSPS) is 18.4. The molecule has 0 aliphatic carbocycles. The second-order valence-corrected chi connectivity index (χ2v) is 4.70. The molecule has 0 saturated carbocycles. The largest absolute Gasteiger partial charge is 0.330 e. The van der Waals surface area contributed by atoms with Gasteiger partial charge < -0.3 is 10.3 Å². The Hall–Kier alpha value is -0.940. The smallest absolute Gasteiger partial charge is 0.147 e. The van der Waals surface area contributed by atoms with Crippen LogP contribution in [-0.4, -0.2) is 39.3 Å². The van der Waals surface area contributed by atoms with Crippen molar-refractivity contribution >= 4 is 0 Å². The Morgan fingerprint density at radius 3 is 3.19 bits per heavy atom. The highest BCUT2D eigenvalue weighted by Crippen LogP contribution is 2.11. The topological polar surface area (TPSA) is 60.0 Å². The van der Waals surface area contributed by atoms with Gasteiger partial charge in [0.2, 0.25) is 0 Å². The van der Waals surface area contributed by atoms with E-state index in [1.807, 2.05) is 6.33 Å². The summed E-state index contributed by atoms with van der Waals surface area (Å²) in [7, 11) is 0. The number of aromatic nitrogens is 3. The zero-order valence-electron chi connectivity index (χ0n) is 9.97. The van der Waals surface area contributed by atoms with E-state index in [0.29, 0.717) is 5.92 Å². The van der Waals surface area contributed by atoms with Crippen LogP contribution in [0.25, 0.3) is 0 Å². The van der Waals surface area contributed by atoms with Gasteiger partial charge in [0.15, 0.2) is 0 Å². The zero-order chi connectivity index (χ0) is 11.4. The van der Waals surface area contributed by atoms with E-state index in [9.17, 15) is 0 Å². The minimum absolute atomic E-state index is 0.647. The van der Waals surface area contributed by atoms with Crippen LogP contribution in [0.3, 0.4) is 0 Å². The Balaban J connectivity index is 1.73. The fourth-order valence-electron chi connectivity index (χ4n) is 2.09. The number of hydrogen-bond acceptors (Lipinski definition) is 4. The molecule has 0 amide bonds. The molecule has 2 N–H and O–H groups in total. The van der Waals surface area contributed by atoms with Crippen molar-refractivity contribution in [3.63, 3.8) is 0 Å². The maximum absolute atomic E-state index is 5.61. The molecular formula is C11H21N5. The predicted octanol–water partition coefficient (Wildman–Crippen LogP) is 0.469. The van der Waals surface area contributed by atoms with E-state index in [2.05, 4.69) is 26.6 Å². The molecule has 16 heavy (non-hydrogen) atoms. The molecule has 5 nitrogen and oxygen atoms in total. The molecular weight excluding hydrogens is 202 g/mol. The maximum atomic E-state index is 5.61. The lowest BCUT2D eigenvalue weighted by atomic mass is 10.1. The van der Waals surface area contributed by atoms with Crippen LogP contribution in [0.2, 0.25) is 0 Å². The number of hydrogen-bond donors (Lipinski definition) is 1. The van der Waals surface area contributed by atoms with Crippen LogP contribution >= 0.6 is 0 Å². The van der Waals surface area contributed by atoms with Crippen LogP contribution < -0.4 is 5.73 Å². The minimum atomic E-state index is 0.647. The lowest BCUT2D eigenvalue weighted by molar-refractivity contribution is 0.209. The molecule has 0 aromatic carbocycles. The third-order valence-corrected chi connectivity index (χ3v) is 3.29. The summed E-state index contributed by atoms with van der Waals surface area (Å²) in [6, 6.07) is 0. The molecule has 1 aliphatic heterocycles. The third-order valence-electron chi connectivity index (χ3n) is 3.29. The number of nitrogens with two attached hydrogens (primary N) is 1. The van der Waals surface area contributed by atoms with Crippen molar-refractivity contribution in [2.45, 2.75) is 32.9 Å². The summed E-state index contributed by atoms with van der Waals surface area (Å²) in [5.74, 6) is 1.74. The van der Waals surface area contributed by atoms with Gasteiger partial charge in [-0.25, -0.2) is 0 Å². The van der Waals surface area contributed by atoms with Crippen LogP contribution in [0.5, 0.6) is 0 Å². The van der Waals surface area contributed by atoms with Gasteiger partial charge in [-0.05, 0) is 31.8 Å². The molecule has 1 aliphatic rings. The minimum Gasteiger partial charge on any atom is -0.330 e. The molecule has 5 heteroatoms. The Bertz CT molecular complexity index is 322. The summed E-state index contributed by atoms with van der Waals surface area (Å²) in [4.78, 5) is 2.45. The van der Waals surface area contributed by atoms with Crippen LogP contribution in [0, 0.1) is 5.92 Å². The molecule has 1 unspecified atom stereocenters. The first-order chi connectivity index (χ1) is 7.79. The van der Waals surface area contributed by atoms with Crippen LogP contribution in [0.1, 0.15) is 25.6 Å². The molecule has 0 radical (unpaired) electrons. The van der Waals surface area contributed by atoms with Gasteiger partial charge in [-0.1, -0.05) is 6.92 Å². The lowest BCUT2D eigenvalue weighted by Gasteiger charge is -2.27. The number of rotatable bonds is 5. The van der Waals surface area contributed by atoms with E-state index in [1.165, 1.54) is 12.8 Å². The van der Waals surface area contributed by atoms with E-state index in [4.69, 9.17) is 5.73 Å². The standard InChI is InChI=1S/C11H21N5/c1-10(7-12)3-2-4-15-5-6-16-9-13-14-11(16)8-15/h9-10H,2-8,12H2,1H3. The summed E-state index contributed by atoms with van der Waals surface area (Å²) in [6.45, 7) is 7.24. The van der Waals surface area contributed by atoms with Crippen molar-refractivity contribution in [3.05, 3.63) is 12.2 Å². The average Bonchev–Trinajstić information content (AvgIpc) is 2.76. The van der Waals surface area contributed by atoms with Crippen molar-refractivity contribution in [2.75, 3.05) is 19.6 Å². The van der Waals surface area contributed by atoms with Crippen molar-refractivity contribution in [1.82, 2.24) is 19.7 Å². The molecule has 1 aromatic heterocycles. The fraction of sp³-hybridized carbons (Fsp3) is 0.818. The Morgan fingerprint density at radius 2 is 2.38 bits per heavy atom. The van der Waals surface area contributed by atoms with Crippen LogP contribution in [-0.2, 0) is 13.1 Å². The SMILES string of the molecule is CC(CN)CCCN1CCn2cnnc2C1. The van der Waals surface area contributed by atoms with Crippen LogP contribution in [0.15, 0.2) is 6.33 Å². The third kappa shape index (κ3) is 2.80. The molecule has 0 fully saturated rings. The Kier molecular flexibility index (Phi) is 3.90. The summed E-state index contributed by atoms with van der Waals surface area (Å²) in [5.41, 5.74) is 5.61. The predicted molar refractivity (Wildman–Crippen MR) is 62.8 cm³/mol. The zero-order valence-corrected chi connectivity index (χ0v) is 9.97. The first-order valence-electron chi connectivity index (χ1n) is 6.08. The monoisotopic (exact) mass is 223 g/mol. The highest BCUT2D eigenvalue weighted by molar-refractivity contribution is 4.89. The van der Waals surface area contributed by atoms with Gasteiger partial charge in [0, 0.05) is 13.1 Å². The lowest BCUT2D eigenvalue weighted by Crippen LogP contribution is -2.34. The first kappa shape index (κ1) is 11.5. The molecule has 1 aromatic rings. The summed E-state index contributed by atoms with van der Waals surface area (Å²) < 4.78 is 2.14. The van der Waals surface area contributed by atoms with E-state index < -0.39 is 0 Å². The van der Waals surface area contributed by atoms with Crippen molar-refractivity contribution in [2.24, 2.45) is 11.7 Å². The number of nitrogens with zero attached hydrogens (tertiary/aromatic N) is 4. The maximum Gasteiger partial charge on any atom is 0.147 e. The van der Waals surface area contributed by atoms with E-state index in [0.717, 1.165) is 38.5 Å². The molecule has 2 heterocycles. The van der Waals surface area contributed by atoms with Gasteiger partial charge in [0.1, 0.15) is 12.2 Å². The second kappa shape index (κ2) is 5.41. The summed E-state index contributed by atoms with van der Waals surface area (Å²) in [5, 5.41) is 8.05. The van der Waals surface area contributed by atoms with E-state index >= 15 is 0 Å². The van der Waals surface area contributed by atoms with Gasteiger partial charge in [-0.2, -0.15) is 0 Å². The van der Waals surface area contributed by atoms with Gasteiger partial charge >= 0.3 is 0 Å². The molecule has 0 saturated heterocycles. The average molecular weight is 223 g/mol. The Morgan fingerprint density at radius 1 is 1.50 bits per heavy atom. The fourth-order valence-corrected chi connectivity index (χ4v) is 2.09. The van der Waals surface area contributed by atoms with Gasteiger partial charge in [0.05, 0.1) is 6.54 Å². The molecule has 90 valence electrons. The number of fused-ring (bicyclic) bond motifs is 1. The Labute approximate surface area is 96.6 Å². The molecule has 0 bridgehead atoms.